The topological polar surface area (TPSA) is 39.4 Å². The lowest BCUT2D eigenvalue weighted by Crippen LogP contribution is -2.14. The number of carbonyl (C=O) groups excluding carboxylic acids is 1. The van der Waals surface area contributed by atoms with Crippen LogP contribution >= 0.6 is 0 Å². The third kappa shape index (κ3) is 2.38. The second kappa shape index (κ2) is 4.21. The summed E-state index contributed by atoms with van der Waals surface area (Å²) in [6.45, 7) is 7.66. The summed E-state index contributed by atoms with van der Waals surface area (Å²) in [6.07, 6.45) is 4.21. The Hall–Kier alpha value is -1.25. The van der Waals surface area contributed by atoms with Gasteiger partial charge in [-0.3, -0.25) is 4.79 Å². The molecule has 1 heterocycles. The minimum Gasteiger partial charge on any atom is -0.461 e. The number of esters is 1. The normalized spacial score (nSPS) is 15.5. The summed E-state index contributed by atoms with van der Waals surface area (Å²) >= 11 is 0. The van der Waals surface area contributed by atoms with E-state index < -0.39 is 0 Å². The van der Waals surface area contributed by atoms with Crippen molar-refractivity contribution in [2.75, 3.05) is 0 Å². The summed E-state index contributed by atoms with van der Waals surface area (Å²) in [5.41, 5.74) is 0.971. The predicted molar refractivity (Wildman–Crippen MR) is 65.4 cm³/mol. The Balaban J connectivity index is 2.50. The zero-order valence-electron chi connectivity index (χ0n) is 11.1. The van der Waals surface area contributed by atoms with E-state index in [1.54, 1.807) is 0 Å². The maximum absolute atomic E-state index is 11.2. The SMILES string of the molecule is CC(=O)Oc1c(C(C)(C)C)oc2c1CCCC2. The van der Waals surface area contributed by atoms with Gasteiger partial charge in [0.25, 0.3) is 0 Å². The van der Waals surface area contributed by atoms with E-state index in [2.05, 4.69) is 20.8 Å². The van der Waals surface area contributed by atoms with Crippen molar-refractivity contribution in [2.24, 2.45) is 0 Å². The first-order valence-corrected chi connectivity index (χ1v) is 6.23. The van der Waals surface area contributed by atoms with Crippen molar-refractivity contribution in [3.63, 3.8) is 0 Å². The van der Waals surface area contributed by atoms with Crippen LogP contribution in [0.15, 0.2) is 4.42 Å². The minimum absolute atomic E-state index is 0.137. The molecule has 17 heavy (non-hydrogen) atoms. The van der Waals surface area contributed by atoms with E-state index in [-0.39, 0.29) is 11.4 Å². The van der Waals surface area contributed by atoms with E-state index in [4.69, 9.17) is 9.15 Å². The summed E-state index contributed by atoms with van der Waals surface area (Å²) in [5, 5.41) is 0. The highest BCUT2D eigenvalue weighted by molar-refractivity contribution is 5.70. The highest BCUT2D eigenvalue weighted by Gasteiger charge is 2.31. The maximum Gasteiger partial charge on any atom is 0.308 e. The van der Waals surface area contributed by atoms with E-state index in [1.807, 2.05) is 0 Å². The Morgan fingerprint density at radius 3 is 2.47 bits per heavy atom. The quantitative estimate of drug-likeness (QED) is 0.702. The fraction of sp³-hybridized carbons (Fsp3) is 0.643. The monoisotopic (exact) mass is 236 g/mol. The Morgan fingerprint density at radius 1 is 1.24 bits per heavy atom. The average Bonchev–Trinajstić information content (AvgIpc) is 2.56. The number of hydrogen-bond donors (Lipinski definition) is 0. The van der Waals surface area contributed by atoms with E-state index >= 15 is 0 Å². The van der Waals surface area contributed by atoms with E-state index in [0.29, 0.717) is 5.75 Å². The molecule has 2 rings (SSSR count). The molecule has 0 saturated carbocycles. The summed E-state index contributed by atoms with van der Waals surface area (Å²) in [5.74, 6) is 2.22. The van der Waals surface area contributed by atoms with Crippen LogP contribution in [-0.4, -0.2) is 5.97 Å². The largest absolute Gasteiger partial charge is 0.461 e. The second-order valence-corrected chi connectivity index (χ2v) is 5.71. The summed E-state index contributed by atoms with van der Waals surface area (Å²) in [7, 11) is 0. The van der Waals surface area contributed by atoms with Gasteiger partial charge in [-0.15, -0.1) is 0 Å². The molecule has 0 saturated heterocycles. The lowest BCUT2D eigenvalue weighted by Gasteiger charge is -2.17. The Kier molecular flexibility index (Phi) is 3.02. The van der Waals surface area contributed by atoms with Crippen LogP contribution in [0.5, 0.6) is 5.75 Å². The van der Waals surface area contributed by atoms with Crippen LogP contribution in [0.3, 0.4) is 0 Å². The van der Waals surface area contributed by atoms with Crippen molar-refractivity contribution in [1.29, 1.82) is 0 Å². The highest BCUT2D eigenvalue weighted by atomic mass is 16.5. The fourth-order valence-electron chi connectivity index (χ4n) is 2.28. The number of carbonyl (C=O) groups is 1. The molecule has 1 aromatic rings. The van der Waals surface area contributed by atoms with Crippen LogP contribution in [0.2, 0.25) is 0 Å². The smallest absolute Gasteiger partial charge is 0.308 e. The molecule has 0 spiro atoms. The molecule has 3 nitrogen and oxygen atoms in total. The van der Waals surface area contributed by atoms with Crippen LogP contribution in [0.4, 0.5) is 0 Å². The molecule has 0 bridgehead atoms. The van der Waals surface area contributed by atoms with E-state index in [1.165, 1.54) is 6.92 Å². The molecule has 0 fully saturated rings. The number of ether oxygens (including phenoxy) is 1. The van der Waals surface area contributed by atoms with Crippen LogP contribution < -0.4 is 4.74 Å². The molecule has 94 valence electrons. The van der Waals surface area contributed by atoms with Gasteiger partial charge in [0.05, 0.1) is 0 Å². The standard InChI is InChI=1S/C14H20O3/c1-9(15)16-12-10-7-5-6-8-11(10)17-13(12)14(2,3)4/h5-8H2,1-4H3. The first-order valence-electron chi connectivity index (χ1n) is 6.23. The van der Waals surface area contributed by atoms with Crippen molar-refractivity contribution >= 4 is 5.97 Å². The molecule has 1 aliphatic carbocycles. The number of fused-ring (bicyclic) bond motifs is 1. The Bertz CT molecular complexity index is 435. The van der Waals surface area contributed by atoms with Gasteiger partial charge in [-0.05, 0) is 19.3 Å². The van der Waals surface area contributed by atoms with Gasteiger partial charge >= 0.3 is 5.97 Å². The van der Waals surface area contributed by atoms with Gasteiger partial charge in [0.15, 0.2) is 11.5 Å². The third-order valence-electron chi connectivity index (χ3n) is 3.05. The first kappa shape index (κ1) is 12.2. The molecule has 0 N–H and O–H groups in total. The maximum atomic E-state index is 11.2. The fourth-order valence-corrected chi connectivity index (χ4v) is 2.28. The van der Waals surface area contributed by atoms with Crippen LogP contribution in [0.25, 0.3) is 0 Å². The van der Waals surface area contributed by atoms with Gasteiger partial charge in [-0.1, -0.05) is 20.8 Å². The van der Waals surface area contributed by atoms with Gasteiger partial charge in [0.1, 0.15) is 5.76 Å². The molecule has 0 unspecified atom stereocenters. The molecule has 0 atom stereocenters. The van der Waals surface area contributed by atoms with Crippen molar-refractivity contribution in [3.8, 4) is 5.75 Å². The average molecular weight is 236 g/mol. The molecular formula is C14H20O3. The Labute approximate surface area is 102 Å². The molecule has 0 aromatic carbocycles. The summed E-state index contributed by atoms with van der Waals surface area (Å²) < 4.78 is 11.3. The number of aryl methyl sites for hydroxylation is 1. The van der Waals surface area contributed by atoms with Gasteiger partial charge in [-0.2, -0.15) is 0 Å². The minimum atomic E-state index is -0.273. The van der Waals surface area contributed by atoms with Crippen LogP contribution in [0.1, 0.15) is 57.6 Å². The zero-order valence-corrected chi connectivity index (χ0v) is 11.1. The molecule has 0 amide bonds. The van der Waals surface area contributed by atoms with Crippen molar-refractivity contribution < 1.29 is 13.9 Å². The zero-order chi connectivity index (χ0) is 12.6. The van der Waals surface area contributed by atoms with Gasteiger partial charge in [-0.25, -0.2) is 0 Å². The number of rotatable bonds is 1. The van der Waals surface area contributed by atoms with Gasteiger partial charge in [0, 0.05) is 24.3 Å². The number of hydrogen-bond acceptors (Lipinski definition) is 3. The van der Waals surface area contributed by atoms with Crippen LogP contribution in [-0.2, 0) is 23.1 Å². The third-order valence-corrected chi connectivity index (χ3v) is 3.05. The summed E-state index contributed by atoms with van der Waals surface area (Å²) in [6, 6.07) is 0. The molecular weight excluding hydrogens is 216 g/mol. The molecule has 1 aliphatic rings. The summed E-state index contributed by atoms with van der Waals surface area (Å²) in [4.78, 5) is 11.2. The highest BCUT2D eigenvalue weighted by Crippen LogP contribution is 2.41. The Morgan fingerprint density at radius 2 is 1.88 bits per heavy atom. The molecule has 0 aliphatic heterocycles. The van der Waals surface area contributed by atoms with Gasteiger partial charge in [0.2, 0.25) is 0 Å². The lowest BCUT2D eigenvalue weighted by atomic mass is 9.90. The lowest BCUT2D eigenvalue weighted by molar-refractivity contribution is -0.132. The second-order valence-electron chi connectivity index (χ2n) is 5.71. The van der Waals surface area contributed by atoms with Crippen molar-refractivity contribution in [3.05, 3.63) is 17.1 Å². The van der Waals surface area contributed by atoms with Gasteiger partial charge < -0.3 is 9.15 Å². The first-order chi connectivity index (χ1) is 7.89. The molecule has 3 heteroatoms. The van der Waals surface area contributed by atoms with Crippen molar-refractivity contribution in [1.82, 2.24) is 0 Å². The molecule has 0 radical (unpaired) electrons. The van der Waals surface area contributed by atoms with Crippen LogP contribution in [0, 0.1) is 0 Å². The van der Waals surface area contributed by atoms with Crippen molar-refractivity contribution in [2.45, 2.75) is 58.8 Å². The molecule has 1 aromatic heterocycles. The number of furan rings is 1. The van der Waals surface area contributed by atoms with E-state index in [9.17, 15) is 4.79 Å². The van der Waals surface area contributed by atoms with E-state index in [0.717, 1.165) is 42.8 Å². The predicted octanol–water partition coefficient (Wildman–Crippen LogP) is 3.38.